The van der Waals surface area contributed by atoms with Crippen molar-refractivity contribution in [1.82, 2.24) is 0 Å². The molecule has 0 aliphatic rings. The molecule has 1 aromatic carbocycles. The minimum atomic E-state index is -0.556. The normalized spacial score (nSPS) is 9.18. The minimum Gasteiger partial charge on any atom is -0.507 e. The van der Waals surface area contributed by atoms with Gasteiger partial charge >= 0.3 is 5.97 Å². The lowest BCUT2D eigenvalue weighted by Crippen LogP contribution is -2.00. The summed E-state index contributed by atoms with van der Waals surface area (Å²) in [6.45, 7) is 0. The molecule has 0 atom stereocenters. The second kappa shape index (κ2) is 3.05. The first-order chi connectivity index (χ1) is 5.25. The highest BCUT2D eigenvalue weighted by molar-refractivity contribution is 5.92. The van der Waals surface area contributed by atoms with Gasteiger partial charge in [0, 0.05) is 0 Å². The first-order valence-electron chi connectivity index (χ1n) is 3.03. The maximum absolute atomic E-state index is 10.8. The maximum atomic E-state index is 10.8. The Bertz CT molecular complexity index is 268. The Morgan fingerprint density at radius 3 is 3.00 bits per heavy atom. The Hall–Kier alpha value is -1.51. The molecule has 0 unspecified atom stereocenters. The van der Waals surface area contributed by atoms with E-state index in [0.29, 0.717) is 0 Å². The average Bonchev–Trinajstić information content (AvgIpc) is 2.04. The van der Waals surface area contributed by atoms with Crippen LogP contribution in [0.5, 0.6) is 5.75 Å². The number of phenolic OH excluding ortho intramolecular Hbond substituents is 1. The van der Waals surface area contributed by atoms with Crippen molar-refractivity contribution in [2.75, 3.05) is 7.11 Å². The molecule has 0 fully saturated rings. The van der Waals surface area contributed by atoms with E-state index in [9.17, 15) is 4.79 Å². The van der Waals surface area contributed by atoms with Gasteiger partial charge in [0.15, 0.2) is 0 Å². The van der Waals surface area contributed by atoms with Crippen LogP contribution in [0.1, 0.15) is 10.4 Å². The fourth-order valence-electron chi connectivity index (χ4n) is 0.696. The van der Waals surface area contributed by atoms with Gasteiger partial charge in [0.05, 0.1) is 7.11 Å². The number of rotatable bonds is 1. The lowest BCUT2D eigenvalue weighted by Gasteiger charge is -1.99. The van der Waals surface area contributed by atoms with Gasteiger partial charge in [-0.1, -0.05) is 6.07 Å². The summed E-state index contributed by atoms with van der Waals surface area (Å²) in [7, 11) is 1.26. The molecule has 0 spiro atoms. The molecular formula is C8H7O3. The molecule has 0 bridgehead atoms. The minimum absolute atomic E-state index is 0.0874. The highest BCUT2D eigenvalue weighted by Crippen LogP contribution is 2.15. The molecule has 1 aromatic rings. The van der Waals surface area contributed by atoms with Crippen molar-refractivity contribution in [1.29, 1.82) is 0 Å². The van der Waals surface area contributed by atoms with Gasteiger partial charge in [-0.15, -0.1) is 0 Å². The monoisotopic (exact) mass is 151 g/mol. The predicted molar refractivity (Wildman–Crippen MR) is 38.3 cm³/mol. The molecule has 1 radical (unpaired) electrons. The summed E-state index contributed by atoms with van der Waals surface area (Å²) < 4.78 is 4.40. The van der Waals surface area contributed by atoms with Gasteiger partial charge in [0.25, 0.3) is 0 Å². The first-order valence-corrected chi connectivity index (χ1v) is 3.03. The van der Waals surface area contributed by atoms with Crippen molar-refractivity contribution in [3.63, 3.8) is 0 Å². The molecule has 57 valence electrons. The van der Waals surface area contributed by atoms with E-state index < -0.39 is 5.97 Å². The van der Waals surface area contributed by atoms with Crippen LogP contribution in [0.15, 0.2) is 18.2 Å². The summed E-state index contributed by atoms with van der Waals surface area (Å²) in [5.74, 6) is -0.644. The van der Waals surface area contributed by atoms with Crippen LogP contribution < -0.4 is 0 Å². The largest absolute Gasteiger partial charge is 0.507 e. The van der Waals surface area contributed by atoms with E-state index in [4.69, 9.17) is 5.11 Å². The Labute approximate surface area is 64.2 Å². The number of esters is 1. The molecule has 0 aliphatic heterocycles. The number of carbonyl (C=O) groups is 1. The van der Waals surface area contributed by atoms with Crippen molar-refractivity contribution in [2.24, 2.45) is 0 Å². The van der Waals surface area contributed by atoms with E-state index in [1.165, 1.54) is 25.3 Å². The molecule has 3 heteroatoms. The van der Waals surface area contributed by atoms with Gasteiger partial charge < -0.3 is 9.84 Å². The Kier molecular flexibility index (Phi) is 2.11. The molecule has 0 saturated carbocycles. The zero-order valence-electron chi connectivity index (χ0n) is 6.00. The van der Waals surface area contributed by atoms with Gasteiger partial charge in [-0.3, -0.25) is 0 Å². The van der Waals surface area contributed by atoms with Crippen molar-refractivity contribution in [3.8, 4) is 5.75 Å². The number of hydrogen-bond donors (Lipinski definition) is 1. The third-order valence-electron chi connectivity index (χ3n) is 1.25. The van der Waals surface area contributed by atoms with Gasteiger partial charge in [0.2, 0.25) is 0 Å². The van der Waals surface area contributed by atoms with Gasteiger partial charge in [0.1, 0.15) is 11.3 Å². The fraction of sp³-hybridized carbons (Fsp3) is 0.125. The van der Waals surface area contributed by atoms with E-state index in [0.717, 1.165) is 0 Å². The van der Waals surface area contributed by atoms with Crippen LogP contribution in [0.2, 0.25) is 0 Å². The molecule has 0 amide bonds. The third kappa shape index (κ3) is 1.49. The zero-order chi connectivity index (χ0) is 8.27. The molecule has 0 saturated heterocycles. The lowest BCUT2D eigenvalue weighted by atomic mass is 10.2. The highest BCUT2D eigenvalue weighted by atomic mass is 16.5. The Balaban J connectivity index is 3.03. The first kappa shape index (κ1) is 7.60. The van der Waals surface area contributed by atoms with Crippen LogP contribution in [0.4, 0.5) is 0 Å². The molecule has 0 heterocycles. The quantitative estimate of drug-likeness (QED) is 0.608. The molecule has 1 rings (SSSR count). The third-order valence-corrected chi connectivity index (χ3v) is 1.25. The van der Waals surface area contributed by atoms with Crippen molar-refractivity contribution in [2.45, 2.75) is 0 Å². The zero-order valence-corrected chi connectivity index (χ0v) is 6.00. The molecule has 1 N–H and O–H groups in total. The Morgan fingerprint density at radius 2 is 2.45 bits per heavy atom. The average molecular weight is 151 g/mol. The van der Waals surface area contributed by atoms with Crippen molar-refractivity contribution < 1.29 is 14.6 Å². The van der Waals surface area contributed by atoms with Crippen LogP contribution in [-0.4, -0.2) is 18.2 Å². The Morgan fingerprint density at radius 1 is 1.73 bits per heavy atom. The van der Waals surface area contributed by atoms with Gasteiger partial charge in [-0.05, 0) is 18.2 Å². The lowest BCUT2D eigenvalue weighted by molar-refractivity contribution is 0.0597. The summed E-state index contributed by atoms with van der Waals surface area (Å²) >= 11 is 0. The van der Waals surface area contributed by atoms with Crippen LogP contribution in [0.25, 0.3) is 0 Å². The van der Waals surface area contributed by atoms with Crippen LogP contribution in [0, 0.1) is 6.07 Å². The summed E-state index contributed by atoms with van der Waals surface area (Å²) in [6, 6.07) is 6.93. The van der Waals surface area contributed by atoms with Gasteiger partial charge in [-0.25, -0.2) is 4.79 Å². The molecular weight excluding hydrogens is 144 g/mol. The smallest absolute Gasteiger partial charge is 0.341 e. The molecule has 3 nitrogen and oxygen atoms in total. The van der Waals surface area contributed by atoms with E-state index in [-0.39, 0.29) is 11.3 Å². The van der Waals surface area contributed by atoms with Crippen molar-refractivity contribution >= 4 is 5.97 Å². The summed E-state index contributed by atoms with van der Waals surface area (Å²) in [5, 5.41) is 9.09. The van der Waals surface area contributed by atoms with E-state index in [2.05, 4.69) is 10.8 Å². The number of aromatic hydroxyl groups is 1. The number of benzene rings is 1. The van der Waals surface area contributed by atoms with Crippen LogP contribution >= 0.6 is 0 Å². The number of methoxy groups -OCH3 is 1. The second-order valence-electron chi connectivity index (χ2n) is 1.93. The number of phenols is 1. The highest BCUT2D eigenvalue weighted by Gasteiger charge is 2.08. The summed E-state index contributed by atoms with van der Waals surface area (Å²) in [4.78, 5) is 10.8. The molecule has 0 aromatic heterocycles. The number of ether oxygens (including phenoxy) is 1. The van der Waals surface area contributed by atoms with Crippen molar-refractivity contribution in [3.05, 3.63) is 29.8 Å². The predicted octanol–water partition coefficient (Wildman–Crippen LogP) is 0.979. The van der Waals surface area contributed by atoms with E-state index in [1.54, 1.807) is 0 Å². The SMILES string of the molecule is COC(=O)c1c[c]ccc1O. The van der Waals surface area contributed by atoms with E-state index in [1.807, 2.05) is 0 Å². The van der Waals surface area contributed by atoms with Crippen LogP contribution in [-0.2, 0) is 4.74 Å². The van der Waals surface area contributed by atoms with Crippen LogP contribution in [0.3, 0.4) is 0 Å². The fourth-order valence-corrected chi connectivity index (χ4v) is 0.696. The van der Waals surface area contributed by atoms with E-state index >= 15 is 0 Å². The maximum Gasteiger partial charge on any atom is 0.341 e. The number of hydrogen-bond acceptors (Lipinski definition) is 3. The molecule has 0 aliphatic carbocycles. The second-order valence-corrected chi connectivity index (χ2v) is 1.93. The standard InChI is InChI=1S/C8H7O3/c1-11-8(10)6-4-2-3-5-7(6)9/h3-5,9H,1H3. The topological polar surface area (TPSA) is 46.5 Å². The number of carbonyl (C=O) groups excluding carboxylic acids is 1. The molecule has 11 heavy (non-hydrogen) atoms. The summed E-state index contributed by atoms with van der Waals surface area (Å²) in [6.07, 6.45) is 0. The van der Waals surface area contributed by atoms with Gasteiger partial charge in [-0.2, -0.15) is 0 Å². The summed E-state index contributed by atoms with van der Waals surface area (Å²) in [5.41, 5.74) is 0.134.